The van der Waals surface area contributed by atoms with E-state index < -0.39 is 36.8 Å². The molecule has 1 fully saturated rings. The van der Waals surface area contributed by atoms with E-state index in [1.165, 1.54) is 23.7 Å². The lowest BCUT2D eigenvalue weighted by Gasteiger charge is -2.32. The van der Waals surface area contributed by atoms with Crippen molar-refractivity contribution in [3.63, 3.8) is 0 Å². The first-order chi connectivity index (χ1) is 10.4. The van der Waals surface area contributed by atoms with Gasteiger partial charge in [-0.1, -0.05) is 11.8 Å². The molecule has 0 radical (unpaired) electrons. The first-order valence-corrected chi connectivity index (χ1v) is 7.98. The topological polar surface area (TPSA) is 116 Å². The van der Waals surface area contributed by atoms with E-state index in [1.54, 1.807) is 12.5 Å². The normalized spacial score (nSPS) is 40.8. The maximum absolute atomic E-state index is 14.9. The number of thioether (sulfide) groups is 1. The van der Waals surface area contributed by atoms with Crippen LogP contribution in [0.1, 0.15) is 6.92 Å². The number of halogens is 1. The van der Waals surface area contributed by atoms with Crippen LogP contribution < -0.4 is 11.1 Å². The molecule has 0 aromatic rings. The van der Waals surface area contributed by atoms with Crippen molar-refractivity contribution in [3.8, 4) is 0 Å². The number of aliphatic hydroxyl groups is 2. The molecular weight excluding hydrogens is 313 g/mol. The number of rotatable bonds is 2. The third-order valence-electron chi connectivity index (χ3n) is 3.98. The lowest BCUT2D eigenvalue weighted by molar-refractivity contribution is -0.0185. The fraction of sp³-hybridized carbons (Fsp3) is 0.667. The molecule has 122 valence electrons. The maximum atomic E-state index is 14.9. The van der Waals surface area contributed by atoms with E-state index >= 15 is 0 Å². The van der Waals surface area contributed by atoms with Crippen LogP contribution in [0.5, 0.6) is 0 Å². The van der Waals surface area contributed by atoms with Crippen LogP contribution in [0.25, 0.3) is 0 Å². The van der Waals surface area contributed by atoms with Gasteiger partial charge in [0, 0.05) is 6.20 Å². The molecule has 1 saturated heterocycles. The Balaban J connectivity index is 1.90. The van der Waals surface area contributed by atoms with E-state index in [-0.39, 0.29) is 0 Å². The highest BCUT2D eigenvalue weighted by Crippen LogP contribution is 2.40. The Morgan fingerprint density at radius 1 is 1.64 bits per heavy atom. The van der Waals surface area contributed by atoms with E-state index in [1.807, 2.05) is 0 Å². The van der Waals surface area contributed by atoms with Crippen molar-refractivity contribution in [2.45, 2.75) is 37.1 Å². The van der Waals surface area contributed by atoms with Gasteiger partial charge in [-0.3, -0.25) is 0 Å². The predicted octanol–water partition coefficient (Wildman–Crippen LogP) is -1.09. The van der Waals surface area contributed by atoms with Crippen LogP contribution in [0.3, 0.4) is 0 Å². The average molecular weight is 331 g/mol. The van der Waals surface area contributed by atoms with Gasteiger partial charge in [-0.25, -0.2) is 14.4 Å². The summed E-state index contributed by atoms with van der Waals surface area (Å²) in [4.78, 5) is 4.13. The second kappa shape index (κ2) is 5.37. The number of nitrogens with zero attached hydrogens (tertiary/aromatic N) is 3. The SMILES string of the molecule is CSC1=NN2C([C@@H]3O[C@H](CO)[C@@H](O)[C@@]3(C)F)=CNC2C(N)=N1. The van der Waals surface area contributed by atoms with Gasteiger partial charge in [0.05, 0.1) is 12.3 Å². The van der Waals surface area contributed by atoms with E-state index in [4.69, 9.17) is 10.5 Å². The molecule has 3 rings (SSSR count). The molecule has 3 heterocycles. The van der Waals surface area contributed by atoms with Crippen LogP contribution in [-0.2, 0) is 4.74 Å². The number of amidine groups is 2. The van der Waals surface area contributed by atoms with Crippen LogP contribution in [0, 0.1) is 0 Å². The smallest absolute Gasteiger partial charge is 0.208 e. The Morgan fingerprint density at radius 2 is 2.36 bits per heavy atom. The quantitative estimate of drug-likeness (QED) is 0.508. The van der Waals surface area contributed by atoms with Crippen molar-refractivity contribution >= 4 is 22.8 Å². The van der Waals surface area contributed by atoms with Gasteiger partial charge in [0.25, 0.3) is 0 Å². The second-order valence-electron chi connectivity index (χ2n) is 5.44. The molecule has 0 aromatic carbocycles. The zero-order valence-corrected chi connectivity index (χ0v) is 12.9. The van der Waals surface area contributed by atoms with Crippen LogP contribution in [-0.4, -0.2) is 69.2 Å². The molecule has 8 nitrogen and oxygen atoms in total. The van der Waals surface area contributed by atoms with E-state index in [9.17, 15) is 14.6 Å². The first kappa shape index (κ1) is 15.5. The Bertz CT molecular complexity index is 567. The number of hydrogen-bond acceptors (Lipinski definition) is 9. The second-order valence-corrected chi connectivity index (χ2v) is 6.21. The molecule has 10 heteroatoms. The number of aliphatic hydroxyl groups excluding tert-OH is 2. The summed E-state index contributed by atoms with van der Waals surface area (Å²) >= 11 is 1.31. The molecule has 0 amide bonds. The monoisotopic (exact) mass is 331 g/mol. The Hall–Kier alpha value is -1.36. The van der Waals surface area contributed by atoms with Crippen molar-refractivity contribution in [2.75, 3.05) is 12.9 Å². The van der Waals surface area contributed by atoms with Crippen LogP contribution in [0.2, 0.25) is 0 Å². The number of nitrogens with two attached hydrogens (primary N) is 1. The number of fused-ring (bicyclic) bond motifs is 1. The minimum Gasteiger partial charge on any atom is -0.394 e. The van der Waals surface area contributed by atoms with Crippen LogP contribution in [0.4, 0.5) is 4.39 Å². The maximum Gasteiger partial charge on any atom is 0.208 e. The largest absolute Gasteiger partial charge is 0.394 e. The number of hydrazone groups is 1. The number of hydrogen-bond donors (Lipinski definition) is 4. The van der Waals surface area contributed by atoms with Crippen molar-refractivity contribution in [1.82, 2.24) is 10.3 Å². The number of ether oxygens (including phenoxy) is 1. The zero-order chi connectivity index (χ0) is 16.1. The van der Waals surface area contributed by atoms with Gasteiger partial charge in [0.2, 0.25) is 5.17 Å². The van der Waals surface area contributed by atoms with Crippen molar-refractivity contribution in [1.29, 1.82) is 0 Å². The molecule has 0 aliphatic carbocycles. The average Bonchev–Trinajstić information content (AvgIpc) is 3.00. The molecule has 0 saturated carbocycles. The number of alkyl halides is 1. The molecule has 0 aromatic heterocycles. The van der Waals surface area contributed by atoms with Crippen molar-refractivity contribution < 1.29 is 19.3 Å². The summed E-state index contributed by atoms with van der Waals surface area (Å²) in [5, 5.41) is 28.4. The summed E-state index contributed by atoms with van der Waals surface area (Å²) in [6, 6.07) is 0. The summed E-state index contributed by atoms with van der Waals surface area (Å²) in [7, 11) is 0. The molecule has 3 aliphatic rings. The van der Waals surface area contributed by atoms with Crippen LogP contribution in [0.15, 0.2) is 22.0 Å². The lowest BCUT2D eigenvalue weighted by Crippen LogP contribution is -2.50. The Labute approximate surface area is 130 Å². The van der Waals surface area contributed by atoms with Crippen molar-refractivity contribution in [3.05, 3.63) is 11.9 Å². The van der Waals surface area contributed by atoms with Gasteiger partial charge in [-0.15, -0.1) is 5.10 Å². The van der Waals surface area contributed by atoms with E-state index in [0.717, 1.165) is 0 Å². The summed E-state index contributed by atoms with van der Waals surface area (Å²) in [5.41, 5.74) is 4.23. The summed E-state index contributed by atoms with van der Waals surface area (Å²) < 4.78 is 20.4. The molecule has 0 spiro atoms. The van der Waals surface area contributed by atoms with Gasteiger partial charge < -0.3 is 26.0 Å². The summed E-state index contributed by atoms with van der Waals surface area (Å²) in [6.07, 6.45) is -0.637. The third kappa shape index (κ3) is 2.18. The highest BCUT2D eigenvalue weighted by molar-refractivity contribution is 8.13. The van der Waals surface area contributed by atoms with Gasteiger partial charge in [0.1, 0.15) is 24.1 Å². The molecule has 1 unspecified atom stereocenters. The highest BCUT2D eigenvalue weighted by atomic mass is 32.2. The van der Waals surface area contributed by atoms with E-state index in [0.29, 0.717) is 16.7 Å². The molecular formula is C12H18FN5O3S. The molecule has 5 N–H and O–H groups in total. The van der Waals surface area contributed by atoms with Gasteiger partial charge in [-0.2, -0.15) is 0 Å². The summed E-state index contributed by atoms with van der Waals surface area (Å²) in [5.74, 6) is 0.309. The number of aliphatic imine (C=N–C) groups is 1. The minimum atomic E-state index is -2.06. The first-order valence-electron chi connectivity index (χ1n) is 6.75. The standard InChI is InChI=1S/C12H18FN5O3S/c1-12(13)7(20)6(4-19)21-8(12)5-3-15-10-9(14)16-11(22-2)17-18(5)10/h3,6-8,10,15,19-20H,4H2,1-2H3,(H2,14,16,17)/t6-,7-,8+,10?,12-/m1/s1. The fourth-order valence-electron chi connectivity index (χ4n) is 2.75. The zero-order valence-electron chi connectivity index (χ0n) is 12.1. The minimum absolute atomic E-state index is 0.309. The third-order valence-corrected chi connectivity index (χ3v) is 4.52. The van der Waals surface area contributed by atoms with E-state index in [2.05, 4.69) is 15.4 Å². The summed E-state index contributed by atoms with van der Waals surface area (Å²) in [6.45, 7) is 0.775. The lowest BCUT2D eigenvalue weighted by atomic mass is 9.93. The van der Waals surface area contributed by atoms with Gasteiger partial charge >= 0.3 is 0 Å². The Kier molecular flexibility index (Phi) is 3.79. The molecule has 5 atom stereocenters. The molecule has 0 bridgehead atoms. The Morgan fingerprint density at radius 3 is 2.95 bits per heavy atom. The predicted molar refractivity (Wildman–Crippen MR) is 80.7 cm³/mol. The van der Waals surface area contributed by atoms with Gasteiger partial charge in [-0.05, 0) is 13.2 Å². The van der Waals surface area contributed by atoms with Gasteiger partial charge in [0.15, 0.2) is 11.8 Å². The number of nitrogens with one attached hydrogen (secondary N) is 1. The van der Waals surface area contributed by atoms with Crippen LogP contribution >= 0.6 is 11.8 Å². The fourth-order valence-corrected chi connectivity index (χ4v) is 3.11. The molecule has 22 heavy (non-hydrogen) atoms. The molecule has 3 aliphatic heterocycles. The van der Waals surface area contributed by atoms with Crippen molar-refractivity contribution in [2.24, 2.45) is 15.8 Å². The highest BCUT2D eigenvalue weighted by Gasteiger charge is 2.57.